The van der Waals surface area contributed by atoms with Gasteiger partial charge in [0.2, 0.25) is 5.88 Å². The summed E-state index contributed by atoms with van der Waals surface area (Å²) in [6.45, 7) is 1.14. The number of rotatable bonds is 4. The first kappa shape index (κ1) is 19.7. The van der Waals surface area contributed by atoms with E-state index in [9.17, 15) is 18.4 Å². The van der Waals surface area contributed by atoms with Crippen LogP contribution >= 0.6 is 0 Å². The third-order valence-corrected chi connectivity index (χ3v) is 4.89. The minimum atomic E-state index is -4.43. The summed E-state index contributed by atoms with van der Waals surface area (Å²) < 4.78 is 43.7. The maximum Gasteiger partial charge on any atom is 0.417 e. The van der Waals surface area contributed by atoms with Gasteiger partial charge in [0.25, 0.3) is 0 Å². The van der Waals surface area contributed by atoms with Crippen LogP contribution in [0.3, 0.4) is 0 Å². The first-order valence-electron chi connectivity index (χ1n) is 9.35. The summed E-state index contributed by atoms with van der Waals surface area (Å²) in [6, 6.07) is 17.7. The fourth-order valence-corrected chi connectivity index (χ4v) is 3.39. The third kappa shape index (κ3) is 4.20. The Hall–Kier alpha value is -3.60. The van der Waals surface area contributed by atoms with Crippen molar-refractivity contribution >= 4 is 5.69 Å². The van der Waals surface area contributed by atoms with Gasteiger partial charge in [-0.25, -0.2) is 9.97 Å². The molecular formula is C22H17F3N4O. The Bertz CT molecular complexity index is 1060. The number of ether oxygens (including phenoxy) is 1. The lowest BCUT2D eigenvalue weighted by Gasteiger charge is -2.20. The van der Waals surface area contributed by atoms with Gasteiger partial charge in [-0.05, 0) is 18.2 Å². The number of pyridine rings is 2. The van der Waals surface area contributed by atoms with Crippen molar-refractivity contribution in [1.29, 1.82) is 5.26 Å². The molecule has 0 radical (unpaired) electrons. The van der Waals surface area contributed by atoms with E-state index in [2.05, 4.69) is 16.0 Å². The SMILES string of the molecule is N#Cc1nc(-c2ccccc2)ccc1N1CCC(Oc2ccc(C(F)(F)F)cn2)C1. The molecule has 30 heavy (non-hydrogen) atoms. The average molecular weight is 410 g/mol. The largest absolute Gasteiger partial charge is 0.472 e. The molecule has 1 aromatic carbocycles. The molecule has 0 bridgehead atoms. The molecule has 1 fully saturated rings. The standard InChI is InChI=1S/C22H17F3N4O/c23-22(24,25)16-6-9-21(27-13-16)30-17-10-11-29(14-17)20-8-7-18(28-19(20)12-26)15-4-2-1-3-5-15/h1-9,13,17H,10-11,14H2. The highest BCUT2D eigenvalue weighted by Crippen LogP contribution is 2.30. The number of hydrogen-bond acceptors (Lipinski definition) is 5. The van der Waals surface area contributed by atoms with Gasteiger partial charge >= 0.3 is 6.18 Å². The number of nitrogens with zero attached hydrogens (tertiary/aromatic N) is 4. The van der Waals surface area contributed by atoms with Gasteiger partial charge in [-0.15, -0.1) is 0 Å². The zero-order valence-corrected chi connectivity index (χ0v) is 15.8. The molecule has 3 aromatic rings. The van der Waals surface area contributed by atoms with Crippen LogP contribution in [0.1, 0.15) is 17.7 Å². The number of alkyl halides is 3. The van der Waals surface area contributed by atoms with Gasteiger partial charge in [0.1, 0.15) is 12.2 Å². The van der Waals surface area contributed by atoms with Crippen LogP contribution in [-0.2, 0) is 6.18 Å². The van der Waals surface area contributed by atoms with E-state index in [1.54, 1.807) is 0 Å². The molecule has 4 rings (SSSR count). The van der Waals surface area contributed by atoms with E-state index in [0.29, 0.717) is 30.9 Å². The predicted molar refractivity (Wildman–Crippen MR) is 105 cm³/mol. The number of anilines is 1. The van der Waals surface area contributed by atoms with E-state index in [1.807, 2.05) is 47.4 Å². The molecule has 2 aromatic heterocycles. The van der Waals surface area contributed by atoms with Gasteiger partial charge in [0.15, 0.2) is 5.69 Å². The van der Waals surface area contributed by atoms with Crippen molar-refractivity contribution in [3.8, 4) is 23.2 Å². The van der Waals surface area contributed by atoms with Crippen LogP contribution in [0, 0.1) is 11.3 Å². The molecule has 1 aliphatic heterocycles. The molecule has 1 unspecified atom stereocenters. The van der Waals surface area contributed by atoms with Crippen molar-refractivity contribution in [2.45, 2.75) is 18.7 Å². The summed E-state index contributed by atoms with van der Waals surface area (Å²) in [4.78, 5) is 10.2. The highest BCUT2D eigenvalue weighted by Gasteiger charge is 2.31. The van der Waals surface area contributed by atoms with Gasteiger partial charge in [-0.1, -0.05) is 30.3 Å². The zero-order chi connectivity index (χ0) is 21.1. The molecule has 0 amide bonds. The van der Waals surface area contributed by atoms with Crippen LogP contribution < -0.4 is 9.64 Å². The number of benzene rings is 1. The predicted octanol–water partition coefficient (Wildman–Crippen LogP) is 4.69. The third-order valence-electron chi connectivity index (χ3n) is 4.89. The van der Waals surface area contributed by atoms with E-state index >= 15 is 0 Å². The zero-order valence-electron chi connectivity index (χ0n) is 15.8. The Morgan fingerprint density at radius 1 is 1.07 bits per heavy atom. The smallest absolute Gasteiger partial charge is 0.417 e. The maximum absolute atomic E-state index is 12.7. The summed E-state index contributed by atoms with van der Waals surface area (Å²) in [5, 5.41) is 9.57. The molecule has 0 saturated carbocycles. The molecule has 1 aliphatic rings. The minimum Gasteiger partial charge on any atom is -0.472 e. The molecule has 0 N–H and O–H groups in total. The Morgan fingerprint density at radius 3 is 2.53 bits per heavy atom. The lowest BCUT2D eigenvalue weighted by Crippen LogP contribution is -2.25. The topological polar surface area (TPSA) is 62.0 Å². The average Bonchev–Trinajstić information content (AvgIpc) is 3.22. The van der Waals surface area contributed by atoms with E-state index in [0.717, 1.165) is 23.5 Å². The molecule has 8 heteroatoms. The molecule has 152 valence electrons. The minimum absolute atomic E-state index is 0.146. The highest BCUT2D eigenvalue weighted by atomic mass is 19.4. The van der Waals surface area contributed by atoms with E-state index in [4.69, 9.17) is 4.74 Å². The van der Waals surface area contributed by atoms with Crippen LogP contribution in [0.5, 0.6) is 5.88 Å². The second kappa shape index (κ2) is 8.03. The molecule has 3 heterocycles. The summed E-state index contributed by atoms with van der Waals surface area (Å²) in [5.41, 5.74) is 1.87. The van der Waals surface area contributed by atoms with Crippen LogP contribution in [0.25, 0.3) is 11.3 Å². The highest BCUT2D eigenvalue weighted by molar-refractivity contribution is 5.66. The van der Waals surface area contributed by atoms with Crippen LogP contribution in [0.4, 0.5) is 18.9 Å². The Kier molecular flexibility index (Phi) is 5.27. The maximum atomic E-state index is 12.7. The van der Waals surface area contributed by atoms with Gasteiger partial charge in [0, 0.05) is 30.8 Å². The monoisotopic (exact) mass is 410 g/mol. The molecular weight excluding hydrogens is 393 g/mol. The summed E-state index contributed by atoms with van der Waals surface area (Å²) in [7, 11) is 0. The number of aromatic nitrogens is 2. The Balaban J connectivity index is 1.46. The van der Waals surface area contributed by atoms with Crippen molar-refractivity contribution in [3.05, 3.63) is 72.1 Å². The van der Waals surface area contributed by atoms with E-state index in [1.165, 1.54) is 6.07 Å². The molecule has 5 nitrogen and oxygen atoms in total. The first-order chi connectivity index (χ1) is 14.4. The quantitative estimate of drug-likeness (QED) is 0.624. The van der Waals surface area contributed by atoms with Gasteiger partial charge < -0.3 is 9.64 Å². The van der Waals surface area contributed by atoms with Crippen molar-refractivity contribution < 1.29 is 17.9 Å². The summed E-state index contributed by atoms with van der Waals surface area (Å²) in [6.07, 6.45) is -3.24. The normalized spacial score (nSPS) is 16.3. The van der Waals surface area contributed by atoms with Gasteiger partial charge in [0.05, 0.1) is 23.5 Å². The number of nitriles is 1. The van der Waals surface area contributed by atoms with E-state index in [-0.39, 0.29) is 12.0 Å². The summed E-state index contributed by atoms with van der Waals surface area (Å²) in [5.74, 6) is 0.146. The molecule has 0 aliphatic carbocycles. The van der Waals surface area contributed by atoms with Crippen molar-refractivity contribution in [2.75, 3.05) is 18.0 Å². The Labute approximate surface area is 171 Å². The van der Waals surface area contributed by atoms with Crippen LogP contribution in [0.15, 0.2) is 60.8 Å². The van der Waals surface area contributed by atoms with E-state index < -0.39 is 11.7 Å². The first-order valence-corrected chi connectivity index (χ1v) is 9.35. The number of hydrogen-bond donors (Lipinski definition) is 0. The van der Waals surface area contributed by atoms with Crippen molar-refractivity contribution in [1.82, 2.24) is 9.97 Å². The van der Waals surface area contributed by atoms with Crippen molar-refractivity contribution in [3.63, 3.8) is 0 Å². The molecule has 1 atom stereocenters. The van der Waals surface area contributed by atoms with Crippen LogP contribution in [0.2, 0.25) is 0 Å². The van der Waals surface area contributed by atoms with Crippen LogP contribution in [-0.4, -0.2) is 29.2 Å². The van der Waals surface area contributed by atoms with Gasteiger partial charge in [-0.3, -0.25) is 0 Å². The number of halogens is 3. The summed E-state index contributed by atoms with van der Waals surface area (Å²) >= 11 is 0. The fraction of sp³-hybridized carbons (Fsp3) is 0.227. The lowest BCUT2D eigenvalue weighted by atomic mass is 10.1. The van der Waals surface area contributed by atoms with Crippen molar-refractivity contribution in [2.24, 2.45) is 0 Å². The second-order valence-electron chi connectivity index (χ2n) is 6.90. The molecule has 0 spiro atoms. The lowest BCUT2D eigenvalue weighted by molar-refractivity contribution is -0.137. The Morgan fingerprint density at radius 2 is 1.87 bits per heavy atom. The fourth-order valence-electron chi connectivity index (χ4n) is 3.39. The molecule has 1 saturated heterocycles. The van der Waals surface area contributed by atoms with Gasteiger partial charge in [-0.2, -0.15) is 18.4 Å². The second-order valence-corrected chi connectivity index (χ2v) is 6.90.